The first-order valence-electron chi connectivity index (χ1n) is 8.52. The summed E-state index contributed by atoms with van der Waals surface area (Å²) in [7, 11) is -3.44. The Hall–Kier alpha value is -0.870. The molecule has 142 valence electrons. The Morgan fingerprint density at radius 2 is 1.80 bits per heavy atom. The van der Waals surface area contributed by atoms with E-state index in [9.17, 15) is 8.42 Å². The molecule has 0 unspecified atom stereocenters. The Balaban J connectivity index is 0.00000312. The van der Waals surface area contributed by atoms with Crippen molar-refractivity contribution in [3.63, 3.8) is 0 Å². The molecular formula is C17H29IN4O2S. The highest BCUT2D eigenvalue weighted by molar-refractivity contribution is 14.0. The van der Waals surface area contributed by atoms with Crippen molar-refractivity contribution in [2.24, 2.45) is 16.6 Å². The molecule has 0 bridgehead atoms. The lowest BCUT2D eigenvalue weighted by molar-refractivity contribution is 0.338. The number of nitrogens with one attached hydrogen (secondary N) is 1. The van der Waals surface area contributed by atoms with E-state index in [-0.39, 0.29) is 34.8 Å². The summed E-state index contributed by atoms with van der Waals surface area (Å²) in [6.07, 6.45) is 3.57. The number of benzene rings is 1. The molecule has 6 nitrogen and oxygen atoms in total. The minimum Gasteiger partial charge on any atom is -0.370 e. The first-order chi connectivity index (χ1) is 11.4. The largest absolute Gasteiger partial charge is 0.370 e. The third kappa shape index (κ3) is 7.10. The number of halogens is 1. The number of likely N-dealkylation sites (tertiary alicyclic amines) is 1. The second-order valence-electron chi connectivity index (χ2n) is 6.61. The van der Waals surface area contributed by atoms with Gasteiger partial charge >= 0.3 is 0 Å². The van der Waals surface area contributed by atoms with Crippen LogP contribution in [0.15, 0.2) is 34.2 Å². The van der Waals surface area contributed by atoms with Crippen LogP contribution in [0.1, 0.15) is 38.7 Å². The molecule has 1 heterocycles. The van der Waals surface area contributed by atoms with E-state index in [1.54, 1.807) is 24.3 Å². The van der Waals surface area contributed by atoms with Crippen LogP contribution < -0.4 is 10.5 Å². The number of sulfonamides is 1. The van der Waals surface area contributed by atoms with Crippen LogP contribution in [0.3, 0.4) is 0 Å². The summed E-state index contributed by atoms with van der Waals surface area (Å²) in [5, 5.41) is 0. The number of piperidine rings is 1. The zero-order chi connectivity index (χ0) is 17.6. The van der Waals surface area contributed by atoms with Gasteiger partial charge in [-0.2, -0.15) is 0 Å². The Labute approximate surface area is 168 Å². The van der Waals surface area contributed by atoms with Crippen molar-refractivity contribution in [2.75, 3.05) is 19.6 Å². The van der Waals surface area contributed by atoms with E-state index in [4.69, 9.17) is 5.73 Å². The molecule has 0 spiro atoms. The minimum atomic E-state index is -3.44. The predicted molar refractivity (Wildman–Crippen MR) is 113 cm³/mol. The summed E-state index contributed by atoms with van der Waals surface area (Å²) in [6.45, 7) is 6.76. The lowest BCUT2D eigenvalue weighted by atomic mass is 10.1. The molecule has 0 saturated carbocycles. The van der Waals surface area contributed by atoms with E-state index in [2.05, 4.69) is 14.6 Å². The summed E-state index contributed by atoms with van der Waals surface area (Å²) >= 11 is 0. The summed E-state index contributed by atoms with van der Waals surface area (Å²) in [5.74, 6) is 0.844. The van der Waals surface area contributed by atoms with Crippen LogP contribution in [0.4, 0.5) is 0 Å². The fourth-order valence-electron chi connectivity index (χ4n) is 2.53. The van der Waals surface area contributed by atoms with Gasteiger partial charge in [-0.1, -0.05) is 26.0 Å². The number of hydrogen-bond acceptors (Lipinski definition) is 3. The van der Waals surface area contributed by atoms with E-state index in [1.807, 2.05) is 13.8 Å². The van der Waals surface area contributed by atoms with Gasteiger partial charge < -0.3 is 10.6 Å². The Morgan fingerprint density at radius 1 is 1.20 bits per heavy atom. The molecule has 0 radical (unpaired) electrons. The molecule has 1 aliphatic heterocycles. The number of hydrogen-bond donors (Lipinski definition) is 2. The Kier molecular flexibility index (Phi) is 9.15. The lowest BCUT2D eigenvalue weighted by Gasteiger charge is -2.27. The van der Waals surface area contributed by atoms with Crippen molar-refractivity contribution in [3.05, 3.63) is 29.8 Å². The molecule has 2 rings (SSSR count). The molecule has 1 aliphatic rings. The topological polar surface area (TPSA) is 87.8 Å². The molecule has 1 aromatic carbocycles. The third-order valence-corrected chi connectivity index (χ3v) is 5.46. The summed E-state index contributed by atoms with van der Waals surface area (Å²) in [5.41, 5.74) is 6.98. The van der Waals surface area contributed by atoms with Crippen LogP contribution >= 0.6 is 24.0 Å². The number of rotatable bonds is 6. The standard InChI is InChI=1S/C17H28N4O2S.HI/c1-14(2)12-20-24(22,23)16-8-6-15(7-9-16)13-19-17(18)21-10-4-3-5-11-21;/h6-9,14,20H,3-5,10-13H2,1-2H3,(H2,18,19);1H. The zero-order valence-corrected chi connectivity index (χ0v) is 18.1. The summed E-state index contributed by atoms with van der Waals surface area (Å²) < 4.78 is 26.9. The monoisotopic (exact) mass is 480 g/mol. The smallest absolute Gasteiger partial charge is 0.240 e. The van der Waals surface area contributed by atoms with Gasteiger partial charge in [-0.15, -0.1) is 24.0 Å². The van der Waals surface area contributed by atoms with Gasteiger partial charge in [-0.3, -0.25) is 0 Å². The van der Waals surface area contributed by atoms with Gasteiger partial charge in [-0.05, 0) is 42.9 Å². The highest BCUT2D eigenvalue weighted by Crippen LogP contribution is 2.12. The van der Waals surface area contributed by atoms with Gasteiger partial charge in [0.2, 0.25) is 10.0 Å². The van der Waals surface area contributed by atoms with E-state index < -0.39 is 10.0 Å². The lowest BCUT2D eigenvalue weighted by Crippen LogP contribution is -2.40. The van der Waals surface area contributed by atoms with E-state index in [0.29, 0.717) is 19.0 Å². The van der Waals surface area contributed by atoms with Crippen molar-refractivity contribution in [3.8, 4) is 0 Å². The Bertz CT molecular complexity index is 654. The number of aliphatic imine (C=N–C) groups is 1. The summed E-state index contributed by atoms with van der Waals surface area (Å²) in [6, 6.07) is 6.81. The van der Waals surface area contributed by atoms with Crippen molar-refractivity contribution >= 4 is 40.0 Å². The van der Waals surface area contributed by atoms with Crippen molar-refractivity contribution in [2.45, 2.75) is 44.6 Å². The summed E-state index contributed by atoms with van der Waals surface area (Å²) in [4.78, 5) is 6.81. The maximum atomic E-state index is 12.2. The van der Waals surface area contributed by atoms with Gasteiger partial charge in [0, 0.05) is 19.6 Å². The van der Waals surface area contributed by atoms with E-state index >= 15 is 0 Å². The van der Waals surface area contributed by atoms with Crippen molar-refractivity contribution in [1.29, 1.82) is 0 Å². The first kappa shape index (κ1) is 22.2. The minimum absolute atomic E-state index is 0. The van der Waals surface area contributed by atoms with Gasteiger partial charge in [0.15, 0.2) is 5.96 Å². The molecule has 0 atom stereocenters. The van der Waals surface area contributed by atoms with Gasteiger partial charge in [0.1, 0.15) is 0 Å². The number of nitrogens with zero attached hydrogens (tertiary/aromatic N) is 2. The zero-order valence-electron chi connectivity index (χ0n) is 14.9. The fraction of sp³-hybridized carbons (Fsp3) is 0.588. The average molecular weight is 480 g/mol. The van der Waals surface area contributed by atoms with Crippen LogP contribution in [-0.2, 0) is 16.6 Å². The van der Waals surface area contributed by atoms with Gasteiger partial charge in [0.25, 0.3) is 0 Å². The second-order valence-corrected chi connectivity index (χ2v) is 8.38. The van der Waals surface area contributed by atoms with Crippen LogP contribution in [0.25, 0.3) is 0 Å². The second kappa shape index (κ2) is 10.3. The molecule has 25 heavy (non-hydrogen) atoms. The molecule has 1 saturated heterocycles. The highest BCUT2D eigenvalue weighted by atomic mass is 127. The fourth-order valence-corrected chi connectivity index (χ4v) is 3.74. The van der Waals surface area contributed by atoms with E-state index in [1.165, 1.54) is 6.42 Å². The van der Waals surface area contributed by atoms with Crippen LogP contribution in [-0.4, -0.2) is 38.9 Å². The maximum Gasteiger partial charge on any atom is 0.240 e. The average Bonchev–Trinajstić information content (AvgIpc) is 2.59. The maximum absolute atomic E-state index is 12.2. The molecule has 1 aromatic rings. The number of guanidine groups is 1. The van der Waals surface area contributed by atoms with Crippen molar-refractivity contribution in [1.82, 2.24) is 9.62 Å². The SMILES string of the molecule is CC(C)CNS(=O)(=O)c1ccc(CN=C(N)N2CCCCC2)cc1.I. The third-order valence-electron chi connectivity index (χ3n) is 4.02. The first-order valence-corrected chi connectivity index (χ1v) is 10.0. The molecular weight excluding hydrogens is 451 g/mol. The predicted octanol–water partition coefficient (Wildman–Crippen LogP) is 2.54. The van der Waals surface area contributed by atoms with Crippen LogP contribution in [0.2, 0.25) is 0 Å². The molecule has 0 amide bonds. The van der Waals surface area contributed by atoms with E-state index in [0.717, 1.165) is 31.5 Å². The molecule has 0 aliphatic carbocycles. The quantitative estimate of drug-likeness (QED) is 0.372. The highest BCUT2D eigenvalue weighted by Gasteiger charge is 2.14. The van der Waals surface area contributed by atoms with Crippen molar-refractivity contribution < 1.29 is 8.42 Å². The Morgan fingerprint density at radius 3 is 2.36 bits per heavy atom. The van der Waals surface area contributed by atoms with Gasteiger partial charge in [0.05, 0.1) is 11.4 Å². The molecule has 0 aromatic heterocycles. The molecule has 1 fully saturated rings. The van der Waals surface area contributed by atoms with Crippen LogP contribution in [0, 0.1) is 5.92 Å². The normalized spacial score (nSPS) is 16.0. The number of nitrogens with two attached hydrogens (primary N) is 1. The van der Waals surface area contributed by atoms with Gasteiger partial charge in [-0.25, -0.2) is 18.1 Å². The molecule has 3 N–H and O–H groups in total. The van der Waals surface area contributed by atoms with Crippen LogP contribution in [0.5, 0.6) is 0 Å². The molecule has 8 heteroatoms.